The summed E-state index contributed by atoms with van der Waals surface area (Å²) < 4.78 is 6.80. The quantitative estimate of drug-likeness (QED) is 0.883. The maximum atomic E-state index is 6.21. The van der Waals surface area contributed by atoms with Crippen molar-refractivity contribution in [2.75, 3.05) is 26.2 Å². The minimum Gasteiger partial charge on any atom is -0.485 e. The molecule has 1 aliphatic heterocycles. The Morgan fingerprint density at radius 3 is 2.68 bits per heavy atom. The second-order valence-corrected chi connectivity index (χ2v) is 6.85. The zero-order valence-electron chi connectivity index (χ0n) is 11.6. The zero-order chi connectivity index (χ0) is 13.8. The van der Waals surface area contributed by atoms with Crippen LogP contribution in [0.2, 0.25) is 5.02 Å². The molecule has 2 nitrogen and oxygen atoms in total. The minimum atomic E-state index is 0.689. The summed E-state index contributed by atoms with van der Waals surface area (Å²) in [4.78, 5) is 1.65. The van der Waals surface area contributed by atoms with Crippen LogP contribution in [0.1, 0.15) is 25.3 Å². The molecule has 0 saturated carbocycles. The number of benzene rings is 1. The van der Waals surface area contributed by atoms with Crippen molar-refractivity contribution >= 4 is 27.5 Å². The molecule has 0 bridgehead atoms. The largest absolute Gasteiger partial charge is 0.485 e. The lowest BCUT2D eigenvalue weighted by Gasteiger charge is -2.27. The molecule has 0 spiro atoms. The molecule has 2 rings (SSSR count). The summed E-state index contributed by atoms with van der Waals surface area (Å²) >= 11 is 9.73. The van der Waals surface area contributed by atoms with Crippen LogP contribution in [-0.2, 0) is 0 Å². The van der Waals surface area contributed by atoms with E-state index in [0.29, 0.717) is 5.02 Å². The number of quaternary nitrogens is 1. The summed E-state index contributed by atoms with van der Waals surface area (Å²) in [6.45, 7) is 8.70. The molecule has 0 amide bonds. The molecular formula is C15H22BrClNO+. The highest BCUT2D eigenvalue weighted by Gasteiger charge is 2.18. The van der Waals surface area contributed by atoms with Crippen molar-refractivity contribution in [2.24, 2.45) is 5.92 Å². The van der Waals surface area contributed by atoms with Crippen LogP contribution >= 0.6 is 27.5 Å². The Morgan fingerprint density at radius 1 is 1.37 bits per heavy atom. The molecule has 1 aromatic carbocycles. The highest BCUT2D eigenvalue weighted by molar-refractivity contribution is 9.10. The van der Waals surface area contributed by atoms with Crippen molar-refractivity contribution < 1.29 is 9.64 Å². The van der Waals surface area contributed by atoms with E-state index in [1.54, 1.807) is 4.90 Å². The van der Waals surface area contributed by atoms with Gasteiger partial charge in [0, 0.05) is 0 Å². The summed E-state index contributed by atoms with van der Waals surface area (Å²) in [5.74, 6) is 1.67. The monoisotopic (exact) mass is 346 g/mol. The first-order valence-corrected chi connectivity index (χ1v) is 8.15. The van der Waals surface area contributed by atoms with Gasteiger partial charge in [0.15, 0.2) is 5.75 Å². The van der Waals surface area contributed by atoms with Gasteiger partial charge in [-0.3, -0.25) is 0 Å². The number of aryl methyl sites for hydroxylation is 1. The Bertz CT molecular complexity index is 407. The van der Waals surface area contributed by atoms with Crippen LogP contribution in [0.3, 0.4) is 0 Å². The molecule has 1 saturated heterocycles. The van der Waals surface area contributed by atoms with E-state index in [0.717, 1.165) is 34.9 Å². The minimum absolute atomic E-state index is 0.689. The molecule has 1 heterocycles. The molecule has 0 aliphatic carbocycles. The van der Waals surface area contributed by atoms with Gasteiger partial charge in [0.2, 0.25) is 0 Å². The van der Waals surface area contributed by atoms with E-state index in [4.69, 9.17) is 16.3 Å². The van der Waals surface area contributed by atoms with E-state index in [1.807, 2.05) is 19.1 Å². The van der Waals surface area contributed by atoms with Crippen molar-refractivity contribution in [2.45, 2.75) is 26.7 Å². The van der Waals surface area contributed by atoms with Gasteiger partial charge < -0.3 is 9.64 Å². The molecule has 0 aromatic heterocycles. The number of likely N-dealkylation sites (tertiary alicyclic amines) is 1. The number of rotatable bonds is 4. The maximum Gasteiger partial charge on any atom is 0.152 e. The fraction of sp³-hybridized carbons (Fsp3) is 0.600. The van der Waals surface area contributed by atoms with Crippen molar-refractivity contribution in [3.8, 4) is 5.75 Å². The van der Waals surface area contributed by atoms with Crippen LogP contribution < -0.4 is 9.64 Å². The third-order valence-electron chi connectivity index (χ3n) is 3.83. The molecule has 1 fully saturated rings. The Kier molecular flexibility index (Phi) is 5.55. The third-order valence-corrected chi connectivity index (χ3v) is 4.70. The number of halogens is 2. The fourth-order valence-corrected chi connectivity index (χ4v) is 3.67. The Hall–Kier alpha value is -0.250. The van der Waals surface area contributed by atoms with Crippen LogP contribution in [-0.4, -0.2) is 26.2 Å². The average molecular weight is 348 g/mol. The summed E-state index contributed by atoms with van der Waals surface area (Å²) in [6, 6.07) is 3.98. The topological polar surface area (TPSA) is 13.7 Å². The fourth-order valence-electron chi connectivity index (χ4n) is 2.54. The first-order valence-electron chi connectivity index (χ1n) is 6.98. The molecule has 19 heavy (non-hydrogen) atoms. The summed E-state index contributed by atoms with van der Waals surface area (Å²) in [7, 11) is 0. The smallest absolute Gasteiger partial charge is 0.152 e. The van der Waals surface area contributed by atoms with Gasteiger partial charge in [-0.15, -0.1) is 0 Å². The normalized spacial score (nSPS) is 23.4. The lowest BCUT2D eigenvalue weighted by atomic mass is 9.99. The second-order valence-electron chi connectivity index (χ2n) is 5.59. The van der Waals surface area contributed by atoms with E-state index in [1.165, 1.54) is 25.9 Å². The van der Waals surface area contributed by atoms with Gasteiger partial charge in [0.25, 0.3) is 0 Å². The molecule has 0 atom stereocenters. The van der Waals surface area contributed by atoms with Crippen molar-refractivity contribution in [3.05, 3.63) is 27.2 Å². The maximum absolute atomic E-state index is 6.21. The number of ether oxygens (including phenoxy) is 1. The first kappa shape index (κ1) is 15.1. The number of nitrogens with one attached hydrogen (secondary N) is 1. The molecule has 106 valence electrons. The summed E-state index contributed by atoms with van der Waals surface area (Å²) in [6.07, 6.45) is 2.68. The first-order chi connectivity index (χ1) is 9.06. The predicted molar refractivity (Wildman–Crippen MR) is 83.3 cm³/mol. The highest BCUT2D eigenvalue weighted by Crippen LogP contribution is 2.34. The van der Waals surface area contributed by atoms with Crippen molar-refractivity contribution in [1.29, 1.82) is 0 Å². The third kappa shape index (κ3) is 4.37. The molecule has 0 radical (unpaired) electrons. The van der Waals surface area contributed by atoms with Crippen molar-refractivity contribution in [3.63, 3.8) is 0 Å². The van der Waals surface area contributed by atoms with Gasteiger partial charge in [0.1, 0.15) is 13.2 Å². The lowest BCUT2D eigenvalue weighted by molar-refractivity contribution is -0.906. The van der Waals surface area contributed by atoms with E-state index >= 15 is 0 Å². The van der Waals surface area contributed by atoms with E-state index in [2.05, 4.69) is 22.9 Å². The van der Waals surface area contributed by atoms with Crippen LogP contribution in [0.4, 0.5) is 0 Å². The van der Waals surface area contributed by atoms with E-state index < -0.39 is 0 Å². The van der Waals surface area contributed by atoms with Gasteiger partial charge >= 0.3 is 0 Å². The van der Waals surface area contributed by atoms with Gasteiger partial charge in [-0.25, -0.2) is 0 Å². The Morgan fingerprint density at radius 2 is 2.05 bits per heavy atom. The second kappa shape index (κ2) is 6.96. The zero-order valence-corrected chi connectivity index (χ0v) is 14.0. The van der Waals surface area contributed by atoms with E-state index in [-0.39, 0.29) is 0 Å². The highest BCUT2D eigenvalue weighted by atomic mass is 79.9. The number of hydrogen-bond donors (Lipinski definition) is 1. The van der Waals surface area contributed by atoms with E-state index in [9.17, 15) is 0 Å². The number of piperidine rings is 1. The lowest BCUT2D eigenvalue weighted by Crippen LogP contribution is -3.13. The standard InChI is InChI=1S/C15H21BrClNO/c1-11-3-5-18(6-4-11)7-8-19-15-13(16)9-12(2)10-14(15)17/h9-11H,3-8H2,1-2H3/p+1. The number of hydrogen-bond acceptors (Lipinski definition) is 1. The van der Waals surface area contributed by atoms with Gasteiger partial charge in [-0.1, -0.05) is 18.5 Å². The summed E-state index contributed by atoms with van der Waals surface area (Å²) in [5, 5.41) is 0.689. The Balaban J connectivity index is 1.83. The molecule has 4 heteroatoms. The predicted octanol–water partition coefficient (Wildman–Crippen LogP) is 3.10. The summed E-state index contributed by atoms with van der Waals surface area (Å²) in [5.41, 5.74) is 1.14. The molecule has 1 aromatic rings. The Labute approximate surface area is 129 Å². The van der Waals surface area contributed by atoms with Crippen LogP contribution in [0.5, 0.6) is 5.75 Å². The van der Waals surface area contributed by atoms with Gasteiger partial charge in [-0.2, -0.15) is 0 Å². The van der Waals surface area contributed by atoms with Crippen LogP contribution in [0.15, 0.2) is 16.6 Å². The average Bonchev–Trinajstić information content (AvgIpc) is 2.34. The molecule has 1 aliphatic rings. The molecule has 0 unspecified atom stereocenters. The molecular weight excluding hydrogens is 326 g/mol. The van der Waals surface area contributed by atoms with Gasteiger partial charge in [0.05, 0.1) is 22.6 Å². The van der Waals surface area contributed by atoms with Crippen molar-refractivity contribution in [1.82, 2.24) is 0 Å². The van der Waals surface area contributed by atoms with Crippen LogP contribution in [0.25, 0.3) is 0 Å². The van der Waals surface area contributed by atoms with Crippen LogP contribution in [0, 0.1) is 12.8 Å². The molecule has 1 N–H and O–H groups in total. The SMILES string of the molecule is Cc1cc(Cl)c(OCC[NH+]2CCC(C)CC2)c(Br)c1. The van der Waals surface area contributed by atoms with Gasteiger partial charge in [-0.05, 0) is 59.3 Å².